The first-order valence-corrected chi connectivity index (χ1v) is 30.3. The molecule has 0 radical (unpaired) electrons. The number of methoxy groups -OCH3 is 1. The molecule has 0 bridgehead atoms. The first kappa shape index (κ1) is 69.6. The quantitative estimate of drug-likeness (QED) is 0.0643. The van der Waals surface area contributed by atoms with E-state index in [1.165, 1.54) is 90.3 Å². The molecule has 0 N–H and O–H groups in total. The summed E-state index contributed by atoms with van der Waals surface area (Å²) in [5, 5.41) is 0. The van der Waals surface area contributed by atoms with Gasteiger partial charge in [0.2, 0.25) is 0 Å². The van der Waals surface area contributed by atoms with Crippen molar-refractivity contribution in [1.82, 2.24) is 0 Å². The van der Waals surface area contributed by atoms with Gasteiger partial charge in [-0.05, 0) is 174 Å². The predicted molar refractivity (Wildman–Crippen MR) is 332 cm³/mol. The van der Waals surface area contributed by atoms with Crippen molar-refractivity contribution in [2.45, 2.75) is 292 Å². The van der Waals surface area contributed by atoms with Gasteiger partial charge in [-0.1, -0.05) is 237 Å². The molecule has 0 aromatic heterocycles. The van der Waals surface area contributed by atoms with E-state index in [0.29, 0.717) is 21.7 Å². The van der Waals surface area contributed by atoms with Crippen molar-refractivity contribution in [3.05, 3.63) is 135 Å². The van der Waals surface area contributed by atoms with E-state index in [0.717, 1.165) is 49.8 Å². The van der Waals surface area contributed by atoms with Crippen molar-refractivity contribution in [1.29, 1.82) is 0 Å². The largest absolute Gasteiger partial charge is 0.496 e. The van der Waals surface area contributed by atoms with Crippen molar-refractivity contribution < 1.29 is 13.5 Å². The third kappa shape index (κ3) is 16.5. The van der Waals surface area contributed by atoms with Gasteiger partial charge in [-0.25, -0.2) is 0 Å². The predicted octanol–water partition coefficient (Wildman–Crippen LogP) is 22.8. The topological polar surface area (TPSA) is 9.23 Å². The van der Waals surface area contributed by atoms with Crippen LogP contribution in [0.5, 0.6) is 5.75 Å². The normalized spacial score (nSPS) is 12.7. The summed E-state index contributed by atoms with van der Waals surface area (Å²) in [6.45, 7) is 50.9. The van der Waals surface area contributed by atoms with Gasteiger partial charge in [0.05, 0.1) is 7.11 Å². The Kier molecular flexibility index (Phi) is 28.4. The molecule has 4 aromatic carbocycles. The van der Waals surface area contributed by atoms with Crippen molar-refractivity contribution in [3.63, 3.8) is 0 Å². The average molecular weight is 1040 g/mol. The molecule has 0 saturated carbocycles. The molecule has 426 valence electrons. The molecule has 1 nitrogen and oxygen atoms in total. The van der Waals surface area contributed by atoms with Gasteiger partial charge in [0.15, 0.2) is 0 Å². The Balaban J connectivity index is 0.000000500. The fraction of sp³-hybridized carbons (Fsp3) is 0.667. The van der Waals surface area contributed by atoms with E-state index in [2.05, 4.69) is 219 Å². The first-order chi connectivity index (χ1) is 35.2. The minimum absolute atomic E-state index is 0.0869. The molecule has 0 aliphatic carbocycles. The Morgan fingerprint density at radius 3 is 0.800 bits per heavy atom. The van der Waals surface area contributed by atoms with Gasteiger partial charge in [-0.2, -0.15) is 0 Å². The highest BCUT2D eigenvalue weighted by atomic mass is 19.1. The Morgan fingerprint density at radius 2 is 0.547 bits per heavy atom. The van der Waals surface area contributed by atoms with Gasteiger partial charge in [0.25, 0.3) is 0 Å². The van der Waals surface area contributed by atoms with Crippen LogP contribution >= 0.6 is 0 Å². The van der Waals surface area contributed by atoms with Gasteiger partial charge in [0.1, 0.15) is 19.1 Å². The minimum Gasteiger partial charge on any atom is -0.496 e. The van der Waals surface area contributed by atoms with Gasteiger partial charge in [0, 0.05) is 16.5 Å². The van der Waals surface area contributed by atoms with E-state index < -0.39 is 18.8 Å². The number of alkyl halides is 2. The van der Waals surface area contributed by atoms with Crippen molar-refractivity contribution >= 4 is 0 Å². The van der Waals surface area contributed by atoms with Crippen LogP contribution in [0.1, 0.15) is 292 Å². The van der Waals surface area contributed by atoms with Crippen LogP contribution < -0.4 is 4.74 Å². The van der Waals surface area contributed by atoms with E-state index in [1.54, 1.807) is 12.5 Å². The maximum absolute atomic E-state index is 13.1. The second-order valence-corrected chi connectivity index (χ2v) is 24.8. The van der Waals surface area contributed by atoms with Crippen LogP contribution in [0, 0.1) is 6.92 Å². The van der Waals surface area contributed by atoms with Crippen LogP contribution in [-0.2, 0) is 43.3 Å². The highest BCUT2D eigenvalue weighted by Gasteiger charge is 2.34. The molecule has 0 fully saturated rings. The van der Waals surface area contributed by atoms with Crippen LogP contribution in [0.15, 0.2) is 84.9 Å². The highest BCUT2D eigenvalue weighted by molar-refractivity contribution is 5.49. The summed E-state index contributed by atoms with van der Waals surface area (Å²) in [5.41, 5.74) is 13.0. The number of para-hydroxylation sites is 1. The maximum Gasteiger partial charge on any atom is 0.126 e. The zero-order chi connectivity index (χ0) is 57.7. The molecule has 0 heterocycles. The van der Waals surface area contributed by atoms with E-state index >= 15 is 0 Å². The summed E-state index contributed by atoms with van der Waals surface area (Å²) in [5.74, 6) is 1.12. The smallest absolute Gasteiger partial charge is 0.126 e. The minimum atomic E-state index is -1.00. The number of ether oxygens (including phenoxy) is 1. The zero-order valence-corrected chi connectivity index (χ0v) is 53.6. The van der Waals surface area contributed by atoms with Gasteiger partial charge < -0.3 is 4.74 Å². The Morgan fingerprint density at radius 1 is 0.307 bits per heavy atom. The van der Waals surface area contributed by atoms with Crippen molar-refractivity contribution in [2.24, 2.45) is 0 Å². The average Bonchev–Trinajstić information content (AvgIpc) is 3.47. The van der Waals surface area contributed by atoms with Gasteiger partial charge in [-0.3, -0.25) is 8.78 Å². The molecular weight excluding hydrogens is 919 g/mol. The van der Waals surface area contributed by atoms with Gasteiger partial charge >= 0.3 is 0 Å². The van der Waals surface area contributed by atoms with Gasteiger partial charge in [-0.15, -0.1) is 0 Å². The third-order valence-electron chi connectivity index (χ3n) is 21.1. The van der Waals surface area contributed by atoms with Crippen LogP contribution in [0.3, 0.4) is 0 Å². The monoisotopic (exact) mass is 1040 g/mol. The molecule has 0 amide bonds. The van der Waals surface area contributed by atoms with E-state index in [1.807, 2.05) is 25.3 Å². The molecule has 0 atom stereocenters. The van der Waals surface area contributed by atoms with Crippen molar-refractivity contribution in [2.75, 3.05) is 20.5 Å². The third-order valence-corrected chi connectivity index (χ3v) is 21.1. The summed E-state index contributed by atoms with van der Waals surface area (Å²) in [6.07, 6.45) is 16.3. The van der Waals surface area contributed by atoms with E-state index in [4.69, 9.17) is 4.74 Å². The summed E-state index contributed by atoms with van der Waals surface area (Å²) in [4.78, 5) is 0. The molecule has 3 heteroatoms. The molecule has 0 saturated heterocycles. The number of hydrogen-bond acceptors (Lipinski definition) is 1. The standard InChI is InChI=1S/C19H32O.C19H32.C18H30.C16H24F2/c1-8-18(5,9-2)15-13-12-14-16(17(15)20-7)19(6,10-3)11-4;1-8-18(6,9-2)16-13-12-15(5)17(14-16)19(7,10-3)11-4;1-7-17(5,8-2)15-12-11-13-16(14-15)18(6,9-3)10-4;1-5-15(3,6-2)13-8-7-9-14(10-13)16(4,11-17)12-18/h12-14H,8-11H2,1-7H3;12-14H,8-11H2,1-7H3;11-14H,7-10H2,1-6H3;7-10H,5-6,11-12H2,1-4H3. The maximum atomic E-state index is 13.1. The molecule has 0 spiro atoms. The molecule has 4 aromatic rings. The molecule has 4 rings (SSSR count). The molecule has 0 aliphatic heterocycles. The van der Waals surface area contributed by atoms with E-state index in [9.17, 15) is 8.78 Å². The number of rotatable bonds is 25. The summed E-state index contributed by atoms with van der Waals surface area (Å²) in [6, 6.07) is 31.0. The van der Waals surface area contributed by atoms with Crippen LogP contribution in [-0.4, -0.2) is 20.5 Å². The summed E-state index contributed by atoms with van der Waals surface area (Å²) >= 11 is 0. The fourth-order valence-electron chi connectivity index (χ4n) is 10.6. The lowest BCUT2D eigenvalue weighted by Gasteiger charge is -2.34. The van der Waals surface area contributed by atoms with Crippen LogP contribution in [0.25, 0.3) is 0 Å². The lowest BCUT2D eigenvalue weighted by molar-refractivity contribution is 0.258. The SMILES string of the molecule is CCC(C)(CC)c1ccc(C)c(C(C)(CC)CC)c1.CCC(C)(CC)c1cccc(C(C)(CC)CC)c1.CCC(C)(CC)c1cccc(C(C)(CC)CC)c1OC.CCC(C)(CC)c1cccc(C(C)(CF)CF)c1. The van der Waals surface area contributed by atoms with Crippen LogP contribution in [0.2, 0.25) is 0 Å². The second-order valence-electron chi connectivity index (χ2n) is 24.8. The Hall–Kier alpha value is -3.46. The Labute approximate surface area is 465 Å². The number of aryl methyl sites for hydroxylation is 1. The number of hydrogen-bond donors (Lipinski definition) is 0. The van der Waals surface area contributed by atoms with Crippen LogP contribution in [0.4, 0.5) is 8.78 Å². The Bertz CT molecular complexity index is 2030. The lowest BCUT2D eigenvalue weighted by Crippen LogP contribution is -2.28. The van der Waals surface area contributed by atoms with Crippen molar-refractivity contribution in [3.8, 4) is 5.75 Å². The first-order valence-electron chi connectivity index (χ1n) is 30.3. The second kappa shape index (κ2) is 30.6. The summed E-state index contributed by atoms with van der Waals surface area (Å²) < 4.78 is 32.0. The lowest BCUT2D eigenvalue weighted by atomic mass is 9.71. The highest BCUT2D eigenvalue weighted by Crippen LogP contribution is 2.45. The van der Waals surface area contributed by atoms with E-state index in [-0.39, 0.29) is 16.2 Å². The number of benzene rings is 4. The zero-order valence-electron chi connectivity index (χ0n) is 53.6. The summed E-state index contributed by atoms with van der Waals surface area (Å²) in [7, 11) is 1.82. The molecule has 0 unspecified atom stereocenters. The molecular formula is C72H118F2O. The molecule has 75 heavy (non-hydrogen) atoms. The number of halogens is 2. The fourth-order valence-corrected chi connectivity index (χ4v) is 10.6. The molecule has 0 aliphatic rings.